The number of hydrogen-bond donors (Lipinski definition) is 0. The Morgan fingerprint density at radius 2 is 1.26 bits per heavy atom. The average Bonchev–Trinajstić information content (AvgIpc) is 2.43. The summed E-state index contributed by atoms with van der Waals surface area (Å²) in [7, 11) is -10.7. The Bertz CT molecular complexity index is 424. The van der Waals surface area contributed by atoms with Gasteiger partial charge in [-0.15, -0.1) is 0 Å². The van der Waals surface area contributed by atoms with Gasteiger partial charge in [0.1, 0.15) is 5.78 Å². The first-order chi connectivity index (χ1) is 9.75. The normalized spacial score (nSPS) is 14.5. The summed E-state index contributed by atoms with van der Waals surface area (Å²) in [5.41, 5.74) is 0. The van der Waals surface area contributed by atoms with Crippen LogP contribution in [0.2, 0.25) is 0 Å². The van der Waals surface area contributed by atoms with Gasteiger partial charge in [-0.05, 0) is 13.3 Å². The number of halogens is 6. The Balaban J connectivity index is -0.0000000696. The number of rotatable bonds is 1. The maximum absolute atomic E-state index is 10.7. The van der Waals surface area contributed by atoms with Crippen molar-refractivity contribution in [1.29, 1.82) is 0 Å². The first kappa shape index (κ1) is 33.5. The van der Waals surface area contributed by atoms with Gasteiger partial charge in [0, 0.05) is 17.1 Å². The van der Waals surface area contributed by atoms with Crippen LogP contribution in [0.1, 0.15) is 13.3 Å². The van der Waals surface area contributed by atoms with E-state index in [1.165, 1.54) is 0 Å². The second-order valence-electron chi connectivity index (χ2n) is 3.03. The van der Waals surface area contributed by atoms with Crippen LogP contribution in [0, 0.1) is 25.9 Å². The van der Waals surface area contributed by atoms with Crippen LogP contribution in [0.4, 0.5) is 25.2 Å². The number of ketones is 1. The van der Waals surface area contributed by atoms with Crippen molar-refractivity contribution in [3.8, 4) is 0 Å². The molecule has 1 aliphatic carbocycles. The van der Waals surface area contributed by atoms with Gasteiger partial charge in [0.15, 0.2) is 0 Å². The number of carbonyl (C=O) groups excluding carboxylic acids is 1. The van der Waals surface area contributed by atoms with Gasteiger partial charge in [0.2, 0.25) is 0 Å². The monoisotopic (exact) mass is 406 g/mol. The quantitative estimate of drug-likeness (QED) is 0.200. The minimum absolute atomic E-state index is 0. The molecule has 0 saturated carbocycles. The molecule has 0 aromatic carbocycles. The van der Waals surface area contributed by atoms with Crippen molar-refractivity contribution in [3.05, 3.63) is 50.2 Å². The third-order valence-electron chi connectivity index (χ3n) is 1.33. The third kappa shape index (κ3) is 62.8. The van der Waals surface area contributed by atoms with Crippen LogP contribution in [0.3, 0.4) is 0 Å². The minimum atomic E-state index is -10.7. The smallest absolute Gasteiger partial charge is 0 e. The van der Waals surface area contributed by atoms with Gasteiger partial charge >= 0.3 is 66.9 Å². The zero-order valence-electron chi connectivity index (χ0n) is 11.2. The first-order valence-electron chi connectivity index (χ1n) is 4.63. The number of carbonyl (C=O) groups is 1. The van der Waals surface area contributed by atoms with Crippen LogP contribution in [-0.4, -0.2) is 5.78 Å². The summed E-state index contributed by atoms with van der Waals surface area (Å²) >= 11 is 0. The second kappa shape index (κ2) is 13.3. The standard InChI is InChI=1S/C8H9O.3CO.F6P.Fe/c1-7(9)8-5-3-2-4-6-8;3*1-2;1-7(2,3,4,5)6;/h2-5H,6H2,1H3;;;;;/q;;;;-1;. The van der Waals surface area contributed by atoms with Crippen molar-refractivity contribution in [3.63, 3.8) is 0 Å². The number of allylic oxidation sites excluding steroid dienone is 4. The van der Waals surface area contributed by atoms with Crippen molar-refractivity contribution < 1.29 is 61.0 Å². The third-order valence-corrected chi connectivity index (χ3v) is 1.33. The molecule has 4 nitrogen and oxygen atoms in total. The predicted molar refractivity (Wildman–Crippen MR) is 62.2 cm³/mol. The Labute approximate surface area is 138 Å². The fourth-order valence-electron chi connectivity index (χ4n) is 0.774. The summed E-state index contributed by atoms with van der Waals surface area (Å²) < 4.78 is 81.7. The van der Waals surface area contributed by atoms with E-state index >= 15 is 0 Å². The Kier molecular flexibility index (Phi) is 19.4. The SMILES string of the molecule is CC(=O)[C]1C=CC=CC1.F[P-](F)(F)(F)(F)F.[C-]#[O+].[C-]#[O+].[C-]#[O+].[Fe]. The summed E-state index contributed by atoms with van der Waals surface area (Å²) in [6, 6.07) is 0. The van der Waals surface area contributed by atoms with Gasteiger partial charge in [0.25, 0.3) is 0 Å². The van der Waals surface area contributed by atoms with Gasteiger partial charge in [0.05, 0.1) is 5.92 Å². The predicted octanol–water partition coefficient (Wildman–Crippen LogP) is 4.93. The van der Waals surface area contributed by atoms with E-state index in [0.717, 1.165) is 12.3 Å². The van der Waals surface area contributed by atoms with E-state index < -0.39 is 7.81 Å². The van der Waals surface area contributed by atoms with Crippen LogP contribution in [0.25, 0.3) is 0 Å². The topological polar surface area (TPSA) is 76.8 Å². The molecule has 0 fully saturated rings. The maximum atomic E-state index is 10.7. The number of Topliss-reactive ketones (excluding diaryl/α,β-unsaturated/α-hetero) is 1. The molecule has 0 spiro atoms. The van der Waals surface area contributed by atoms with Gasteiger partial charge in [-0.3, -0.25) is 4.79 Å². The molecule has 133 valence electrons. The molecule has 0 heterocycles. The summed E-state index contributed by atoms with van der Waals surface area (Å²) in [5, 5.41) is 0. The van der Waals surface area contributed by atoms with Crippen molar-refractivity contribution in [2.45, 2.75) is 13.3 Å². The van der Waals surface area contributed by atoms with Gasteiger partial charge in [-0.2, -0.15) is 0 Å². The molecule has 1 radical (unpaired) electrons. The maximum Gasteiger partial charge on any atom is 0 e. The molecule has 0 amide bonds. The molecule has 0 aromatic rings. The molecule has 12 heteroatoms. The summed E-state index contributed by atoms with van der Waals surface area (Å²) in [6.45, 7) is 15.1. The van der Waals surface area contributed by atoms with Crippen LogP contribution in [0.15, 0.2) is 24.3 Å². The largest absolute Gasteiger partial charge is 0 e. The van der Waals surface area contributed by atoms with E-state index in [4.69, 9.17) is 14.0 Å². The van der Waals surface area contributed by atoms with Gasteiger partial charge in [-0.1, -0.05) is 24.3 Å². The molecular weight excluding hydrogens is 397 g/mol. The number of hydrogen-bond acceptors (Lipinski definition) is 1. The van der Waals surface area contributed by atoms with E-state index in [2.05, 4.69) is 20.0 Å². The first-order valence-corrected chi connectivity index (χ1v) is 6.66. The fraction of sp³-hybridized carbons (Fsp3) is 0.182. The summed E-state index contributed by atoms with van der Waals surface area (Å²) in [6.07, 6.45) is 8.48. The molecule has 0 atom stereocenters. The van der Waals surface area contributed by atoms with Crippen molar-refractivity contribution in [2.24, 2.45) is 0 Å². The second-order valence-corrected chi connectivity index (χ2v) is 4.95. The van der Waals surface area contributed by atoms with Crippen LogP contribution >= 0.6 is 7.81 Å². The molecule has 0 N–H and O–H groups in total. The average molecular weight is 406 g/mol. The van der Waals surface area contributed by atoms with Crippen molar-refractivity contribution in [2.75, 3.05) is 0 Å². The van der Waals surface area contributed by atoms with E-state index in [1.54, 1.807) is 6.92 Å². The Hall–Kier alpha value is -1.10. The molecule has 1 rings (SSSR count). The van der Waals surface area contributed by atoms with Crippen LogP contribution in [-0.2, 0) is 35.8 Å². The van der Waals surface area contributed by atoms with Gasteiger partial charge in [-0.25, -0.2) is 0 Å². The van der Waals surface area contributed by atoms with E-state index in [-0.39, 0.29) is 22.9 Å². The van der Waals surface area contributed by atoms with Crippen molar-refractivity contribution >= 4 is 13.6 Å². The van der Waals surface area contributed by atoms with Gasteiger partial charge < -0.3 is 0 Å². The van der Waals surface area contributed by atoms with E-state index in [0.29, 0.717) is 0 Å². The van der Waals surface area contributed by atoms with Crippen LogP contribution in [0.5, 0.6) is 0 Å². The zero-order chi connectivity index (χ0) is 19.1. The molecule has 0 saturated heterocycles. The molecule has 23 heavy (non-hydrogen) atoms. The molecule has 0 aromatic heterocycles. The van der Waals surface area contributed by atoms with E-state index in [1.807, 2.05) is 24.3 Å². The van der Waals surface area contributed by atoms with Crippen molar-refractivity contribution in [1.82, 2.24) is 0 Å². The fourth-order valence-corrected chi connectivity index (χ4v) is 0.774. The Morgan fingerprint density at radius 3 is 1.39 bits per heavy atom. The molecule has 1 aliphatic rings. The molecule has 0 bridgehead atoms. The minimum Gasteiger partial charge on any atom is 0 e. The molecular formula is C11H9F6FeO4P-. The van der Waals surface area contributed by atoms with E-state index in [9.17, 15) is 30.0 Å². The molecule has 0 unspecified atom stereocenters. The summed E-state index contributed by atoms with van der Waals surface area (Å²) in [5.74, 6) is 1.08. The Morgan fingerprint density at radius 1 is 0.957 bits per heavy atom. The zero-order valence-corrected chi connectivity index (χ0v) is 13.2. The van der Waals surface area contributed by atoms with Crippen LogP contribution < -0.4 is 0 Å². The summed E-state index contributed by atoms with van der Waals surface area (Å²) in [4.78, 5) is 10.7. The molecule has 0 aliphatic heterocycles.